The summed E-state index contributed by atoms with van der Waals surface area (Å²) in [6, 6.07) is 10.5. The van der Waals surface area contributed by atoms with Gasteiger partial charge in [0.25, 0.3) is 11.8 Å². The Morgan fingerprint density at radius 2 is 1.94 bits per heavy atom. The zero-order chi connectivity index (χ0) is 23.1. The van der Waals surface area contributed by atoms with E-state index in [1.165, 1.54) is 4.90 Å². The minimum atomic E-state index is -1.69. The van der Waals surface area contributed by atoms with Crippen LogP contribution < -0.4 is 20.9 Å². The summed E-state index contributed by atoms with van der Waals surface area (Å²) >= 11 is 0. The second kappa shape index (κ2) is 8.30. The van der Waals surface area contributed by atoms with Gasteiger partial charge >= 0.3 is 0 Å². The second-order valence-electron chi connectivity index (χ2n) is 8.22. The van der Waals surface area contributed by atoms with Crippen LogP contribution in [0, 0.1) is 5.41 Å². The number of aliphatic hydroxyl groups is 1. The number of hydrogen-bond acceptors (Lipinski definition) is 6. The van der Waals surface area contributed by atoms with Crippen LogP contribution in [0.2, 0.25) is 0 Å². The lowest BCUT2D eigenvalue weighted by atomic mass is 9.99. The number of ether oxygens (including phenoxy) is 1. The highest BCUT2D eigenvalue weighted by molar-refractivity contribution is 6.05. The van der Waals surface area contributed by atoms with E-state index in [0.29, 0.717) is 43.3 Å². The van der Waals surface area contributed by atoms with Crippen molar-refractivity contribution in [2.45, 2.75) is 31.7 Å². The zero-order valence-corrected chi connectivity index (χ0v) is 17.7. The molecule has 1 fully saturated rings. The molecule has 5 rings (SSSR count). The maximum Gasteiger partial charge on any atom is 0.259 e. The quantitative estimate of drug-likeness (QED) is 0.445. The summed E-state index contributed by atoms with van der Waals surface area (Å²) in [5, 5.41) is 26.7. The molecular formula is C23H23N5O5. The smallest absolute Gasteiger partial charge is 0.259 e. The maximum absolute atomic E-state index is 13.1. The number of fused-ring (bicyclic) bond motifs is 2. The monoisotopic (exact) mass is 449 g/mol. The molecule has 3 amide bonds. The van der Waals surface area contributed by atoms with E-state index in [4.69, 9.17) is 10.1 Å². The van der Waals surface area contributed by atoms with E-state index in [9.17, 15) is 19.5 Å². The van der Waals surface area contributed by atoms with E-state index in [1.54, 1.807) is 24.3 Å². The largest absolute Gasteiger partial charge is 0.380 e. The molecular weight excluding hydrogens is 426 g/mol. The first-order chi connectivity index (χ1) is 15.9. The van der Waals surface area contributed by atoms with Crippen LogP contribution in [0.5, 0.6) is 0 Å². The van der Waals surface area contributed by atoms with Crippen LogP contribution in [0.3, 0.4) is 0 Å². The number of benzene rings is 2. The molecule has 10 nitrogen and oxygen atoms in total. The molecule has 3 aliphatic heterocycles. The fourth-order valence-electron chi connectivity index (χ4n) is 4.33. The summed E-state index contributed by atoms with van der Waals surface area (Å²) in [5.74, 6) is -0.960. The standard InChI is InChI=1S/C23H23N5O5/c24-21-17-4-2-15(7-14(17)11-26-21)27-22(31)19(30)20-23(32)28(5-6-33-20)16-3-1-12-9-18(29)25-10-13(12)8-16/h1-4,7-8,19-20,30H,5-6,9-11H2,(H2,24,26)(H,25,29)(H,27,31)/t19-,20-/m1/s1. The molecule has 0 saturated carbocycles. The van der Waals surface area contributed by atoms with Gasteiger partial charge in [0.05, 0.1) is 13.0 Å². The fourth-order valence-corrected chi connectivity index (χ4v) is 4.33. The minimum absolute atomic E-state index is 0.0372. The number of hydrogen-bond donors (Lipinski definition) is 5. The van der Waals surface area contributed by atoms with Gasteiger partial charge in [0, 0.05) is 36.6 Å². The lowest BCUT2D eigenvalue weighted by molar-refractivity contribution is -0.150. The summed E-state index contributed by atoms with van der Waals surface area (Å²) in [5.41, 5.74) is 4.57. The second-order valence-corrected chi connectivity index (χ2v) is 8.22. The van der Waals surface area contributed by atoms with Gasteiger partial charge in [0.1, 0.15) is 5.84 Å². The van der Waals surface area contributed by atoms with Crippen molar-refractivity contribution in [3.05, 3.63) is 58.7 Å². The summed E-state index contributed by atoms with van der Waals surface area (Å²) < 4.78 is 5.48. The van der Waals surface area contributed by atoms with Gasteiger partial charge in [-0.1, -0.05) is 6.07 Å². The lowest BCUT2D eigenvalue weighted by Gasteiger charge is -2.34. The van der Waals surface area contributed by atoms with Gasteiger partial charge in [-0.25, -0.2) is 0 Å². The minimum Gasteiger partial charge on any atom is -0.380 e. The molecule has 0 spiro atoms. The van der Waals surface area contributed by atoms with E-state index in [0.717, 1.165) is 22.3 Å². The Morgan fingerprint density at radius 3 is 2.79 bits per heavy atom. The van der Waals surface area contributed by atoms with E-state index in [-0.39, 0.29) is 12.5 Å². The van der Waals surface area contributed by atoms with Gasteiger partial charge in [-0.3, -0.25) is 19.8 Å². The molecule has 3 heterocycles. The number of anilines is 2. The Labute approximate surface area is 189 Å². The van der Waals surface area contributed by atoms with Gasteiger partial charge < -0.3 is 30.7 Å². The molecule has 0 unspecified atom stereocenters. The number of nitrogens with one attached hydrogen (secondary N) is 4. The van der Waals surface area contributed by atoms with Gasteiger partial charge in [-0.2, -0.15) is 0 Å². The van der Waals surface area contributed by atoms with Crippen LogP contribution in [0.15, 0.2) is 36.4 Å². The molecule has 1 saturated heterocycles. The highest BCUT2D eigenvalue weighted by Crippen LogP contribution is 2.26. The molecule has 10 heteroatoms. The zero-order valence-electron chi connectivity index (χ0n) is 17.7. The average Bonchev–Trinajstić information content (AvgIpc) is 3.18. The molecule has 0 aliphatic carbocycles. The molecule has 33 heavy (non-hydrogen) atoms. The van der Waals surface area contributed by atoms with Crippen molar-refractivity contribution < 1.29 is 24.2 Å². The first-order valence-electron chi connectivity index (χ1n) is 10.7. The van der Waals surface area contributed by atoms with Crippen molar-refractivity contribution in [1.82, 2.24) is 10.6 Å². The maximum atomic E-state index is 13.1. The molecule has 0 aromatic heterocycles. The molecule has 2 aromatic carbocycles. The first-order valence-corrected chi connectivity index (χ1v) is 10.7. The molecule has 3 aliphatic rings. The van der Waals surface area contributed by atoms with Crippen molar-refractivity contribution in [3.63, 3.8) is 0 Å². The van der Waals surface area contributed by atoms with E-state index in [1.807, 2.05) is 12.1 Å². The number of rotatable bonds is 4. The van der Waals surface area contributed by atoms with Crippen LogP contribution >= 0.6 is 0 Å². The number of aliphatic hydroxyl groups excluding tert-OH is 1. The third kappa shape index (κ3) is 3.94. The van der Waals surface area contributed by atoms with Crippen LogP contribution in [0.1, 0.15) is 22.3 Å². The number of amides is 3. The molecule has 0 bridgehead atoms. The van der Waals surface area contributed by atoms with Crippen LogP contribution in [-0.4, -0.2) is 54.0 Å². The fraction of sp³-hybridized carbons (Fsp3) is 0.304. The predicted octanol–water partition coefficient (Wildman–Crippen LogP) is 0.0189. The predicted molar refractivity (Wildman–Crippen MR) is 119 cm³/mol. The van der Waals surface area contributed by atoms with Gasteiger partial charge in [0.15, 0.2) is 12.2 Å². The molecule has 0 radical (unpaired) electrons. The number of carbonyl (C=O) groups excluding carboxylic acids is 3. The number of nitrogens with zero attached hydrogens (tertiary/aromatic N) is 1. The van der Waals surface area contributed by atoms with Gasteiger partial charge in [-0.15, -0.1) is 0 Å². The Morgan fingerprint density at radius 1 is 1.12 bits per heavy atom. The summed E-state index contributed by atoms with van der Waals surface area (Å²) in [7, 11) is 0. The highest BCUT2D eigenvalue weighted by Gasteiger charge is 2.39. The van der Waals surface area contributed by atoms with Crippen LogP contribution in [0.4, 0.5) is 11.4 Å². The van der Waals surface area contributed by atoms with E-state index >= 15 is 0 Å². The Hall–Kier alpha value is -3.76. The summed E-state index contributed by atoms with van der Waals surface area (Å²) in [6.07, 6.45) is -2.73. The van der Waals surface area contributed by atoms with E-state index < -0.39 is 24.0 Å². The third-order valence-corrected chi connectivity index (χ3v) is 6.10. The Balaban J connectivity index is 1.29. The van der Waals surface area contributed by atoms with Crippen molar-refractivity contribution in [2.75, 3.05) is 23.4 Å². The van der Waals surface area contributed by atoms with Crippen molar-refractivity contribution in [2.24, 2.45) is 0 Å². The van der Waals surface area contributed by atoms with E-state index in [2.05, 4.69) is 16.0 Å². The molecule has 170 valence electrons. The number of morpholine rings is 1. The Kier molecular flexibility index (Phi) is 5.31. The third-order valence-electron chi connectivity index (χ3n) is 6.10. The summed E-state index contributed by atoms with van der Waals surface area (Å²) in [6.45, 7) is 1.34. The van der Waals surface area contributed by atoms with Gasteiger partial charge in [0.2, 0.25) is 5.91 Å². The number of carbonyl (C=O) groups is 3. The molecule has 2 aromatic rings. The summed E-state index contributed by atoms with van der Waals surface area (Å²) in [4.78, 5) is 38.8. The van der Waals surface area contributed by atoms with Crippen LogP contribution in [0.25, 0.3) is 0 Å². The highest BCUT2D eigenvalue weighted by atomic mass is 16.5. The SMILES string of the molecule is N=C1NCc2cc(NC(=O)[C@H](O)[C@H]3OCCN(c4ccc5c(c4)CNC(=O)C5)C3=O)ccc21. The molecule has 5 N–H and O–H groups in total. The van der Waals surface area contributed by atoms with Crippen molar-refractivity contribution in [3.8, 4) is 0 Å². The topological polar surface area (TPSA) is 144 Å². The first kappa shape index (κ1) is 21.1. The average molecular weight is 449 g/mol. The lowest BCUT2D eigenvalue weighted by Crippen LogP contribution is -2.55. The Bertz CT molecular complexity index is 1180. The van der Waals surface area contributed by atoms with Crippen LogP contribution in [-0.2, 0) is 38.6 Å². The molecule has 2 atom stereocenters. The van der Waals surface area contributed by atoms with Crippen molar-refractivity contribution in [1.29, 1.82) is 5.41 Å². The number of amidine groups is 1. The van der Waals surface area contributed by atoms with Crippen molar-refractivity contribution >= 4 is 34.9 Å². The van der Waals surface area contributed by atoms with Gasteiger partial charge in [-0.05, 0) is 47.0 Å². The normalized spacial score (nSPS) is 20.5.